The first-order valence-corrected chi connectivity index (χ1v) is 11.1. The lowest BCUT2D eigenvalue weighted by atomic mass is 10.0. The van der Waals surface area contributed by atoms with Crippen molar-refractivity contribution in [1.82, 2.24) is 15.2 Å². The molecule has 0 radical (unpaired) electrons. The van der Waals surface area contributed by atoms with E-state index in [1.54, 1.807) is 12.1 Å². The molecule has 0 aliphatic carbocycles. The predicted octanol–water partition coefficient (Wildman–Crippen LogP) is 2.57. The van der Waals surface area contributed by atoms with Crippen LogP contribution in [0.4, 0.5) is 18.9 Å². The van der Waals surface area contributed by atoms with E-state index in [-0.39, 0.29) is 10.9 Å². The van der Waals surface area contributed by atoms with Crippen LogP contribution in [0.1, 0.15) is 24.1 Å². The summed E-state index contributed by atoms with van der Waals surface area (Å²) >= 11 is 0. The van der Waals surface area contributed by atoms with Gasteiger partial charge in [0.05, 0.1) is 0 Å². The zero-order valence-corrected chi connectivity index (χ0v) is 17.5. The number of anilines is 1. The monoisotopic (exact) mass is 470 g/mol. The molecule has 172 valence electrons. The molecule has 0 bridgehead atoms. The number of piperidine rings is 1. The quantitative estimate of drug-likeness (QED) is 0.340. The van der Waals surface area contributed by atoms with Crippen molar-refractivity contribution in [2.24, 2.45) is 0 Å². The normalized spacial score (nSPS) is 15.8. The Kier molecular flexibility index (Phi) is 7.16. The number of nitrogens with one attached hydrogen (secondary N) is 2. The molecule has 32 heavy (non-hydrogen) atoms. The van der Waals surface area contributed by atoms with Gasteiger partial charge in [-0.2, -0.15) is 13.2 Å². The largest absolute Gasteiger partial charge is 0.433 e. The van der Waals surface area contributed by atoms with Crippen LogP contribution in [0.2, 0.25) is 0 Å². The van der Waals surface area contributed by atoms with E-state index in [2.05, 4.69) is 9.71 Å². The van der Waals surface area contributed by atoms with Crippen molar-refractivity contribution >= 4 is 27.7 Å². The molecule has 1 aromatic heterocycles. The number of hydrogen-bond donors (Lipinski definition) is 3. The number of hydrogen-bond acceptors (Lipinski definition) is 6. The van der Waals surface area contributed by atoms with E-state index in [9.17, 15) is 26.4 Å². The molecule has 8 nitrogen and oxygen atoms in total. The second kappa shape index (κ2) is 9.67. The summed E-state index contributed by atoms with van der Waals surface area (Å²) in [6.07, 6.45) is -0.239. The summed E-state index contributed by atoms with van der Waals surface area (Å²) in [5, 5.41) is 8.61. The zero-order valence-electron chi connectivity index (χ0n) is 16.7. The van der Waals surface area contributed by atoms with Gasteiger partial charge >= 0.3 is 6.18 Å². The van der Waals surface area contributed by atoms with Gasteiger partial charge in [-0.25, -0.2) is 18.6 Å². The number of aromatic nitrogens is 1. The van der Waals surface area contributed by atoms with E-state index < -0.39 is 27.8 Å². The zero-order chi connectivity index (χ0) is 23.4. The Morgan fingerprint density at radius 3 is 2.44 bits per heavy atom. The lowest BCUT2D eigenvalue weighted by Gasteiger charge is -2.34. The number of nitrogens with zero attached hydrogens (tertiary/aromatic N) is 2. The molecule has 1 aliphatic heterocycles. The van der Waals surface area contributed by atoms with Gasteiger partial charge in [0, 0.05) is 37.1 Å². The van der Waals surface area contributed by atoms with E-state index in [0.29, 0.717) is 38.2 Å². The SMILES string of the molecule is O=C(/C=C/c1ccccc1N1CCC(NS(=O)(=O)c2ccc(C(F)(F)F)nc2)CC1)NO. The highest BCUT2D eigenvalue weighted by molar-refractivity contribution is 7.89. The second-order valence-corrected chi connectivity index (χ2v) is 8.84. The first kappa shape index (κ1) is 23.7. The average molecular weight is 470 g/mol. The Balaban J connectivity index is 1.64. The topological polar surface area (TPSA) is 112 Å². The molecule has 3 rings (SSSR count). The number of rotatable bonds is 6. The van der Waals surface area contributed by atoms with Crippen molar-refractivity contribution in [2.45, 2.75) is 30.0 Å². The van der Waals surface area contributed by atoms with Gasteiger partial charge in [-0.1, -0.05) is 18.2 Å². The fourth-order valence-corrected chi connectivity index (χ4v) is 4.60. The second-order valence-electron chi connectivity index (χ2n) is 7.13. The molecule has 1 amide bonds. The number of carbonyl (C=O) groups excluding carboxylic acids is 1. The minimum Gasteiger partial charge on any atom is -0.371 e. The fourth-order valence-electron chi connectivity index (χ4n) is 3.35. The number of benzene rings is 1. The van der Waals surface area contributed by atoms with Crippen LogP contribution in [0.5, 0.6) is 0 Å². The summed E-state index contributed by atoms with van der Waals surface area (Å²) in [6, 6.07) is 8.46. The van der Waals surface area contributed by atoms with Crippen LogP contribution in [0.3, 0.4) is 0 Å². The third-order valence-corrected chi connectivity index (χ3v) is 6.46. The summed E-state index contributed by atoms with van der Waals surface area (Å²) in [4.78, 5) is 16.2. The molecule has 2 heterocycles. The highest BCUT2D eigenvalue weighted by Crippen LogP contribution is 2.28. The number of amides is 1. The lowest BCUT2D eigenvalue weighted by Crippen LogP contribution is -2.44. The standard InChI is InChI=1S/C20H21F3N4O4S/c21-20(22,23)18-7-6-16(13-24-18)32(30,31)26-15-9-11-27(12-10-15)17-4-2-1-3-14(17)5-8-19(28)25-29/h1-8,13,15,26,29H,9-12H2,(H,25,28)/b8-5+. The van der Waals surface area contributed by atoms with Gasteiger partial charge in [0.2, 0.25) is 10.0 Å². The number of pyridine rings is 1. The molecule has 2 aromatic rings. The maximum Gasteiger partial charge on any atom is 0.433 e. The smallest absolute Gasteiger partial charge is 0.371 e. The van der Waals surface area contributed by atoms with Gasteiger partial charge < -0.3 is 4.90 Å². The first-order chi connectivity index (χ1) is 15.1. The summed E-state index contributed by atoms with van der Waals surface area (Å²) in [7, 11) is -4.01. The van der Waals surface area contributed by atoms with Crippen LogP contribution in [-0.4, -0.2) is 43.6 Å². The molecular formula is C20H21F3N4O4S. The maximum atomic E-state index is 12.6. The van der Waals surface area contributed by atoms with Crippen LogP contribution >= 0.6 is 0 Å². The highest BCUT2D eigenvalue weighted by Gasteiger charge is 2.33. The summed E-state index contributed by atoms with van der Waals surface area (Å²) in [5.41, 5.74) is 1.97. The third-order valence-electron chi connectivity index (χ3n) is 4.96. The van der Waals surface area contributed by atoms with Crippen LogP contribution in [0.25, 0.3) is 6.08 Å². The highest BCUT2D eigenvalue weighted by atomic mass is 32.2. The third kappa shape index (κ3) is 5.84. The summed E-state index contributed by atoms with van der Waals surface area (Å²) in [6.45, 7) is 1.05. The number of halogens is 3. The maximum absolute atomic E-state index is 12.6. The molecule has 1 fully saturated rings. The van der Waals surface area contributed by atoms with E-state index >= 15 is 0 Å². The van der Waals surface area contributed by atoms with E-state index in [0.717, 1.165) is 17.3 Å². The Labute approximate surface area is 182 Å². The van der Waals surface area contributed by atoms with E-state index in [1.807, 2.05) is 23.1 Å². The number of carbonyl (C=O) groups is 1. The van der Waals surface area contributed by atoms with Gasteiger partial charge in [0.25, 0.3) is 5.91 Å². The Hall–Kier alpha value is -2.96. The Bertz CT molecular complexity index is 1080. The van der Waals surface area contributed by atoms with Gasteiger partial charge in [0.15, 0.2) is 0 Å². The number of hydroxylamine groups is 1. The van der Waals surface area contributed by atoms with Crippen molar-refractivity contribution in [2.75, 3.05) is 18.0 Å². The van der Waals surface area contributed by atoms with E-state index in [1.165, 1.54) is 11.6 Å². The summed E-state index contributed by atoms with van der Waals surface area (Å²) < 4.78 is 65.5. The molecule has 1 aromatic carbocycles. The van der Waals surface area contributed by atoms with Crippen molar-refractivity contribution in [1.29, 1.82) is 0 Å². The molecule has 3 N–H and O–H groups in total. The fraction of sp³-hybridized carbons (Fsp3) is 0.300. The molecular weight excluding hydrogens is 449 g/mol. The van der Waals surface area contributed by atoms with Gasteiger partial charge in [-0.05, 0) is 42.7 Å². The summed E-state index contributed by atoms with van der Waals surface area (Å²) in [5.74, 6) is -0.661. The van der Waals surface area contributed by atoms with Crippen molar-refractivity contribution in [3.8, 4) is 0 Å². The number of para-hydroxylation sites is 1. The minimum absolute atomic E-state index is 0.328. The molecule has 0 unspecified atom stereocenters. The van der Waals surface area contributed by atoms with Crippen molar-refractivity contribution in [3.63, 3.8) is 0 Å². The predicted molar refractivity (Wildman–Crippen MR) is 110 cm³/mol. The lowest BCUT2D eigenvalue weighted by molar-refractivity contribution is -0.141. The molecule has 1 saturated heterocycles. The molecule has 0 saturated carbocycles. The average Bonchev–Trinajstić information content (AvgIpc) is 2.77. The van der Waals surface area contributed by atoms with Crippen LogP contribution in [0.15, 0.2) is 53.6 Å². The van der Waals surface area contributed by atoms with Crippen molar-refractivity contribution in [3.05, 3.63) is 59.9 Å². The van der Waals surface area contributed by atoms with Gasteiger partial charge in [-0.3, -0.25) is 15.0 Å². The van der Waals surface area contributed by atoms with Crippen LogP contribution in [0, 0.1) is 0 Å². The van der Waals surface area contributed by atoms with Gasteiger partial charge in [-0.15, -0.1) is 0 Å². The molecule has 1 aliphatic rings. The van der Waals surface area contributed by atoms with Crippen LogP contribution in [-0.2, 0) is 21.0 Å². The molecule has 0 atom stereocenters. The van der Waals surface area contributed by atoms with E-state index in [4.69, 9.17) is 5.21 Å². The van der Waals surface area contributed by atoms with Gasteiger partial charge in [0.1, 0.15) is 10.6 Å². The number of sulfonamides is 1. The number of alkyl halides is 3. The minimum atomic E-state index is -4.64. The Morgan fingerprint density at radius 2 is 1.84 bits per heavy atom. The first-order valence-electron chi connectivity index (χ1n) is 9.62. The Morgan fingerprint density at radius 1 is 1.16 bits per heavy atom. The molecule has 12 heteroatoms. The van der Waals surface area contributed by atoms with Crippen LogP contribution < -0.4 is 15.1 Å². The van der Waals surface area contributed by atoms with Crippen molar-refractivity contribution < 1.29 is 31.6 Å². The molecule has 0 spiro atoms.